The molecule has 2 amide bonds. The summed E-state index contributed by atoms with van der Waals surface area (Å²) in [5.41, 5.74) is 0.469. The van der Waals surface area contributed by atoms with Crippen molar-refractivity contribution < 1.29 is 14.0 Å². The van der Waals surface area contributed by atoms with Crippen LogP contribution < -0.4 is 5.32 Å². The first-order valence-corrected chi connectivity index (χ1v) is 8.35. The fourth-order valence-electron chi connectivity index (χ4n) is 3.14. The number of carbonyl (C=O) groups is 2. The SMILES string of the molecule is CC(=O)N(CCC(=O)NCc1ccccc1F)C1CCCCC1. The first-order chi connectivity index (χ1) is 11.1. The molecule has 23 heavy (non-hydrogen) atoms. The maximum absolute atomic E-state index is 13.5. The summed E-state index contributed by atoms with van der Waals surface area (Å²) in [6, 6.07) is 6.66. The summed E-state index contributed by atoms with van der Waals surface area (Å²) in [4.78, 5) is 25.6. The van der Waals surface area contributed by atoms with Gasteiger partial charge in [0.15, 0.2) is 0 Å². The number of carbonyl (C=O) groups excluding carboxylic acids is 2. The zero-order valence-electron chi connectivity index (χ0n) is 13.7. The van der Waals surface area contributed by atoms with E-state index in [9.17, 15) is 14.0 Å². The van der Waals surface area contributed by atoms with E-state index < -0.39 is 0 Å². The molecule has 1 N–H and O–H groups in total. The molecule has 0 aliphatic heterocycles. The highest BCUT2D eigenvalue weighted by atomic mass is 19.1. The van der Waals surface area contributed by atoms with E-state index in [1.54, 1.807) is 25.1 Å². The van der Waals surface area contributed by atoms with Crippen LogP contribution in [0.2, 0.25) is 0 Å². The van der Waals surface area contributed by atoms with Crippen LogP contribution in [0.5, 0.6) is 0 Å². The molecule has 1 aliphatic carbocycles. The van der Waals surface area contributed by atoms with E-state index in [4.69, 9.17) is 0 Å². The maximum atomic E-state index is 13.5. The van der Waals surface area contributed by atoms with Gasteiger partial charge in [-0.1, -0.05) is 37.5 Å². The van der Waals surface area contributed by atoms with Gasteiger partial charge in [0.25, 0.3) is 0 Å². The third-order valence-electron chi connectivity index (χ3n) is 4.43. The molecular formula is C18H25FN2O2. The largest absolute Gasteiger partial charge is 0.352 e. The molecule has 0 radical (unpaired) electrons. The van der Waals surface area contributed by atoms with Gasteiger partial charge in [0.2, 0.25) is 11.8 Å². The van der Waals surface area contributed by atoms with Crippen molar-refractivity contribution in [2.24, 2.45) is 0 Å². The minimum absolute atomic E-state index is 0.0267. The van der Waals surface area contributed by atoms with E-state index in [0.29, 0.717) is 12.1 Å². The number of hydrogen-bond donors (Lipinski definition) is 1. The molecule has 1 aromatic rings. The van der Waals surface area contributed by atoms with Crippen LogP contribution in [0, 0.1) is 5.82 Å². The molecule has 1 aromatic carbocycles. The molecule has 0 heterocycles. The number of hydrogen-bond acceptors (Lipinski definition) is 2. The molecule has 4 nitrogen and oxygen atoms in total. The van der Waals surface area contributed by atoms with Crippen LogP contribution >= 0.6 is 0 Å². The second kappa shape index (κ2) is 8.65. The van der Waals surface area contributed by atoms with Crippen LogP contribution in [-0.4, -0.2) is 29.3 Å². The minimum atomic E-state index is -0.319. The normalized spacial score (nSPS) is 15.2. The minimum Gasteiger partial charge on any atom is -0.352 e. The molecule has 5 heteroatoms. The van der Waals surface area contributed by atoms with Gasteiger partial charge in [-0.3, -0.25) is 9.59 Å². The third kappa shape index (κ3) is 5.34. The fraction of sp³-hybridized carbons (Fsp3) is 0.556. The van der Waals surface area contributed by atoms with Gasteiger partial charge >= 0.3 is 0 Å². The van der Waals surface area contributed by atoms with E-state index >= 15 is 0 Å². The zero-order valence-corrected chi connectivity index (χ0v) is 13.7. The van der Waals surface area contributed by atoms with Gasteiger partial charge in [0, 0.05) is 38.0 Å². The molecular weight excluding hydrogens is 295 g/mol. The molecule has 0 unspecified atom stereocenters. The van der Waals surface area contributed by atoms with E-state index in [-0.39, 0.29) is 36.6 Å². The number of amides is 2. The molecule has 0 aromatic heterocycles. The number of nitrogens with zero attached hydrogens (tertiary/aromatic N) is 1. The Bertz CT molecular complexity index is 542. The molecule has 0 bridgehead atoms. The molecule has 0 spiro atoms. The van der Waals surface area contributed by atoms with Crippen LogP contribution in [0.25, 0.3) is 0 Å². The van der Waals surface area contributed by atoms with Crippen molar-refractivity contribution in [3.63, 3.8) is 0 Å². The predicted molar refractivity (Wildman–Crippen MR) is 87.1 cm³/mol. The first kappa shape index (κ1) is 17.4. The van der Waals surface area contributed by atoms with Gasteiger partial charge in [0.05, 0.1) is 0 Å². The molecule has 1 aliphatic rings. The van der Waals surface area contributed by atoms with Gasteiger partial charge in [-0.25, -0.2) is 4.39 Å². The van der Waals surface area contributed by atoms with Crippen molar-refractivity contribution in [2.45, 2.75) is 58.0 Å². The Morgan fingerprint density at radius 3 is 2.57 bits per heavy atom. The molecule has 0 saturated heterocycles. The summed E-state index contributed by atoms with van der Waals surface area (Å²) in [5, 5.41) is 2.72. The van der Waals surface area contributed by atoms with Crippen molar-refractivity contribution >= 4 is 11.8 Å². The lowest BCUT2D eigenvalue weighted by Crippen LogP contribution is -2.42. The molecule has 2 rings (SSSR count). The number of benzene rings is 1. The van der Waals surface area contributed by atoms with E-state index in [0.717, 1.165) is 25.7 Å². The number of halogens is 1. The van der Waals surface area contributed by atoms with Crippen molar-refractivity contribution in [1.29, 1.82) is 0 Å². The topological polar surface area (TPSA) is 49.4 Å². The molecule has 1 saturated carbocycles. The second-order valence-electron chi connectivity index (χ2n) is 6.12. The van der Waals surface area contributed by atoms with Gasteiger partial charge in [0.1, 0.15) is 5.82 Å². The Kier molecular flexibility index (Phi) is 6.56. The fourth-order valence-corrected chi connectivity index (χ4v) is 3.14. The zero-order chi connectivity index (χ0) is 16.7. The standard InChI is InChI=1S/C18H25FN2O2/c1-14(22)21(16-8-3-2-4-9-16)12-11-18(23)20-13-15-7-5-6-10-17(15)19/h5-7,10,16H,2-4,8-9,11-13H2,1H3,(H,20,23). The Balaban J connectivity index is 1.79. The predicted octanol–water partition coefficient (Wildman–Crippen LogP) is 3.01. The summed E-state index contributed by atoms with van der Waals surface area (Å²) in [6.45, 7) is 2.17. The average Bonchev–Trinajstić information content (AvgIpc) is 2.55. The molecule has 0 atom stereocenters. The van der Waals surface area contributed by atoms with Crippen molar-refractivity contribution in [3.05, 3.63) is 35.6 Å². The maximum Gasteiger partial charge on any atom is 0.222 e. The van der Waals surface area contributed by atoms with Crippen LogP contribution in [-0.2, 0) is 16.1 Å². The summed E-state index contributed by atoms with van der Waals surface area (Å²) in [5.74, 6) is -0.450. The van der Waals surface area contributed by atoms with Crippen molar-refractivity contribution in [1.82, 2.24) is 10.2 Å². The van der Waals surface area contributed by atoms with Crippen molar-refractivity contribution in [3.8, 4) is 0 Å². The lowest BCUT2D eigenvalue weighted by molar-refractivity contribution is -0.132. The van der Waals surface area contributed by atoms with Crippen LogP contribution in [0.4, 0.5) is 4.39 Å². The van der Waals surface area contributed by atoms with Crippen LogP contribution in [0.1, 0.15) is 51.0 Å². The molecule has 1 fully saturated rings. The Morgan fingerprint density at radius 1 is 1.22 bits per heavy atom. The first-order valence-electron chi connectivity index (χ1n) is 8.35. The van der Waals surface area contributed by atoms with Gasteiger partial charge in [-0.05, 0) is 18.9 Å². The van der Waals surface area contributed by atoms with Crippen LogP contribution in [0.15, 0.2) is 24.3 Å². The van der Waals surface area contributed by atoms with Gasteiger partial charge in [-0.2, -0.15) is 0 Å². The van der Waals surface area contributed by atoms with Crippen LogP contribution in [0.3, 0.4) is 0 Å². The smallest absolute Gasteiger partial charge is 0.222 e. The summed E-state index contributed by atoms with van der Waals surface area (Å²) in [7, 11) is 0. The van der Waals surface area contributed by atoms with E-state index in [1.807, 2.05) is 4.90 Å². The van der Waals surface area contributed by atoms with Crippen molar-refractivity contribution in [2.75, 3.05) is 6.54 Å². The Labute approximate surface area is 137 Å². The summed E-state index contributed by atoms with van der Waals surface area (Å²) >= 11 is 0. The Hall–Kier alpha value is -1.91. The summed E-state index contributed by atoms with van der Waals surface area (Å²) in [6.07, 6.45) is 5.82. The highest BCUT2D eigenvalue weighted by Gasteiger charge is 2.23. The lowest BCUT2D eigenvalue weighted by Gasteiger charge is -2.33. The monoisotopic (exact) mass is 320 g/mol. The van der Waals surface area contributed by atoms with Gasteiger partial charge in [-0.15, -0.1) is 0 Å². The quantitative estimate of drug-likeness (QED) is 0.876. The second-order valence-corrected chi connectivity index (χ2v) is 6.12. The van der Waals surface area contributed by atoms with E-state index in [2.05, 4.69) is 5.32 Å². The highest BCUT2D eigenvalue weighted by Crippen LogP contribution is 2.22. The highest BCUT2D eigenvalue weighted by molar-refractivity contribution is 5.78. The lowest BCUT2D eigenvalue weighted by atomic mass is 9.94. The number of rotatable bonds is 6. The number of nitrogens with one attached hydrogen (secondary N) is 1. The Morgan fingerprint density at radius 2 is 1.91 bits per heavy atom. The summed E-state index contributed by atoms with van der Waals surface area (Å²) < 4.78 is 13.5. The van der Waals surface area contributed by atoms with E-state index in [1.165, 1.54) is 12.5 Å². The average molecular weight is 320 g/mol. The molecule has 126 valence electrons. The van der Waals surface area contributed by atoms with Gasteiger partial charge < -0.3 is 10.2 Å². The third-order valence-corrected chi connectivity index (χ3v) is 4.43.